The summed E-state index contributed by atoms with van der Waals surface area (Å²) in [6.45, 7) is 11.0. The molecular formula is C14H18. The predicted octanol–water partition coefficient (Wildman–Crippen LogP) is 3.85. The zero-order valence-corrected chi connectivity index (χ0v) is 9.41. The zero-order valence-electron chi connectivity index (χ0n) is 9.41. The van der Waals surface area contributed by atoms with Gasteiger partial charge in [0.2, 0.25) is 0 Å². The van der Waals surface area contributed by atoms with E-state index in [4.69, 9.17) is 0 Å². The Morgan fingerprint density at radius 2 is 1.93 bits per heavy atom. The van der Waals surface area contributed by atoms with E-state index in [1.165, 1.54) is 24.8 Å². The SMILES string of the molecule is C=C=C1CCC(=C2C3(C)CC23C)C1C. The minimum absolute atomic E-state index is 0.618. The average Bonchev–Trinajstić information content (AvgIpc) is 2.72. The van der Waals surface area contributed by atoms with E-state index in [1.54, 1.807) is 11.1 Å². The molecule has 3 unspecified atom stereocenters. The number of hydrogen-bond donors (Lipinski definition) is 0. The maximum atomic E-state index is 3.79. The first-order chi connectivity index (χ1) is 6.54. The Bertz CT molecular complexity index is 390. The monoisotopic (exact) mass is 186 g/mol. The van der Waals surface area contributed by atoms with Crippen molar-refractivity contribution >= 4 is 0 Å². The van der Waals surface area contributed by atoms with Crippen molar-refractivity contribution in [2.75, 3.05) is 0 Å². The smallest absolute Gasteiger partial charge is 0.00577 e. The highest BCUT2D eigenvalue weighted by Crippen LogP contribution is 2.90. The maximum absolute atomic E-state index is 3.79. The summed E-state index contributed by atoms with van der Waals surface area (Å²) in [5.74, 6) is 0.643. The van der Waals surface area contributed by atoms with Crippen LogP contribution in [0.5, 0.6) is 0 Å². The second-order valence-electron chi connectivity index (χ2n) is 5.66. The topological polar surface area (TPSA) is 0 Å². The van der Waals surface area contributed by atoms with Gasteiger partial charge in [-0.1, -0.05) is 38.5 Å². The van der Waals surface area contributed by atoms with Crippen LogP contribution < -0.4 is 0 Å². The first-order valence-electron chi connectivity index (χ1n) is 5.67. The van der Waals surface area contributed by atoms with Gasteiger partial charge in [-0.2, -0.15) is 0 Å². The van der Waals surface area contributed by atoms with Crippen molar-refractivity contribution in [1.29, 1.82) is 0 Å². The second kappa shape index (κ2) is 2.09. The molecule has 3 saturated carbocycles. The van der Waals surface area contributed by atoms with E-state index in [0.717, 1.165) is 0 Å². The molecule has 3 aliphatic rings. The van der Waals surface area contributed by atoms with Gasteiger partial charge in [0.1, 0.15) is 0 Å². The van der Waals surface area contributed by atoms with Gasteiger partial charge in [-0.3, -0.25) is 0 Å². The molecule has 0 amide bonds. The van der Waals surface area contributed by atoms with Crippen molar-refractivity contribution in [3.63, 3.8) is 0 Å². The van der Waals surface area contributed by atoms with Crippen LogP contribution in [0.25, 0.3) is 0 Å². The fraction of sp³-hybridized carbons (Fsp3) is 0.643. The van der Waals surface area contributed by atoms with Gasteiger partial charge in [0.15, 0.2) is 0 Å². The Kier molecular flexibility index (Phi) is 1.28. The molecule has 0 radical (unpaired) electrons. The lowest BCUT2D eigenvalue weighted by atomic mass is 9.95. The summed E-state index contributed by atoms with van der Waals surface area (Å²) in [6, 6.07) is 0. The van der Waals surface area contributed by atoms with Crippen molar-refractivity contribution in [1.82, 2.24) is 0 Å². The molecule has 0 nitrogen and oxygen atoms in total. The summed E-state index contributed by atoms with van der Waals surface area (Å²) in [6.07, 6.45) is 3.91. The van der Waals surface area contributed by atoms with Gasteiger partial charge in [0.05, 0.1) is 0 Å². The van der Waals surface area contributed by atoms with Gasteiger partial charge >= 0.3 is 0 Å². The van der Waals surface area contributed by atoms with Crippen molar-refractivity contribution in [2.45, 2.75) is 40.0 Å². The molecule has 0 aromatic heterocycles. The lowest BCUT2D eigenvalue weighted by Gasteiger charge is -2.10. The standard InChI is InChI=1S/C14H18/c1-5-10-6-7-11(9(10)2)12-13(3)8-14(12,13)4/h9H,1,6-8H2,2-4H3. The first kappa shape index (κ1) is 8.56. The van der Waals surface area contributed by atoms with E-state index >= 15 is 0 Å². The van der Waals surface area contributed by atoms with Crippen LogP contribution in [0.2, 0.25) is 0 Å². The van der Waals surface area contributed by atoms with Crippen molar-refractivity contribution in [2.24, 2.45) is 16.7 Å². The van der Waals surface area contributed by atoms with Gasteiger partial charge in [0.25, 0.3) is 0 Å². The molecule has 0 aromatic rings. The van der Waals surface area contributed by atoms with Crippen LogP contribution in [0.3, 0.4) is 0 Å². The van der Waals surface area contributed by atoms with Gasteiger partial charge in [-0.25, -0.2) is 0 Å². The molecule has 0 spiro atoms. The molecule has 0 heteroatoms. The zero-order chi connectivity index (χ0) is 10.1. The van der Waals surface area contributed by atoms with Crippen LogP contribution >= 0.6 is 0 Å². The number of fused-ring (bicyclic) bond motifs is 1. The average molecular weight is 186 g/mol. The first-order valence-corrected chi connectivity index (χ1v) is 5.67. The Labute approximate surface area is 86.4 Å². The molecule has 0 saturated heterocycles. The highest BCUT2D eigenvalue weighted by Gasteiger charge is 2.82. The molecule has 0 N–H and O–H groups in total. The summed E-state index contributed by atoms with van der Waals surface area (Å²) >= 11 is 0. The molecule has 0 bridgehead atoms. The minimum atomic E-state index is 0.618. The highest BCUT2D eigenvalue weighted by atomic mass is 14.9. The Morgan fingerprint density at radius 3 is 2.29 bits per heavy atom. The van der Waals surface area contributed by atoms with Crippen molar-refractivity contribution in [3.05, 3.63) is 29.0 Å². The van der Waals surface area contributed by atoms with Crippen LogP contribution in [-0.2, 0) is 0 Å². The lowest BCUT2D eigenvalue weighted by molar-refractivity contribution is 0.761. The van der Waals surface area contributed by atoms with Gasteiger partial charge < -0.3 is 0 Å². The summed E-state index contributed by atoms with van der Waals surface area (Å²) in [5, 5.41) is 0. The van der Waals surface area contributed by atoms with E-state index in [2.05, 4.69) is 33.1 Å². The van der Waals surface area contributed by atoms with E-state index < -0.39 is 0 Å². The number of hydrogen-bond acceptors (Lipinski definition) is 0. The molecule has 0 aromatic carbocycles. The van der Waals surface area contributed by atoms with E-state index in [9.17, 15) is 0 Å². The van der Waals surface area contributed by atoms with E-state index in [1.807, 2.05) is 0 Å². The van der Waals surface area contributed by atoms with Crippen molar-refractivity contribution in [3.8, 4) is 0 Å². The number of allylic oxidation sites excluding steroid dienone is 3. The fourth-order valence-electron chi connectivity index (χ4n) is 3.76. The van der Waals surface area contributed by atoms with Crippen LogP contribution in [0.1, 0.15) is 40.0 Å². The van der Waals surface area contributed by atoms with Gasteiger partial charge in [-0.15, -0.1) is 5.73 Å². The largest absolute Gasteiger partial charge is 0.129 e. The minimum Gasteiger partial charge on any atom is -0.129 e. The molecule has 74 valence electrons. The summed E-state index contributed by atoms with van der Waals surface area (Å²) in [7, 11) is 0. The van der Waals surface area contributed by atoms with E-state index in [-0.39, 0.29) is 0 Å². The Morgan fingerprint density at radius 1 is 1.29 bits per heavy atom. The van der Waals surface area contributed by atoms with Gasteiger partial charge in [0, 0.05) is 5.92 Å². The third kappa shape index (κ3) is 0.696. The predicted molar refractivity (Wildman–Crippen MR) is 58.9 cm³/mol. The molecule has 3 rings (SSSR count). The molecule has 3 atom stereocenters. The second-order valence-corrected chi connectivity index (χ2v) is 5.66. The summed E-state index contributed by atoms with van der Waals surface area (Å²) in [5.41, 5.74) is 9.31. The van der Waals surface area contributed by atoms with Gasteiger partial charge in [-0.05, 0) is 35.7 Å². The van der Waals surface area contributed by atoms with Crippen LogP contribution in [-0.4, -0.2) is 0 Å². The van der Waals surface area contributed by atoms with E-state index in [0.29, 0.717) is 16.7 Å². The third-order valence-corrected chi connectivity index (χ3v) is 5.10. The molecule has 0 heterocycles. The molecule has 14 heavy (non-hydrogen) atoms. The van der Waals surface area contributed by atoms with Crippen LogP contribution in [0.4, 0.5) is 0 Å². The Balaban J connectivity index is 2.01. The highest BCUT2D eigenvalue weighted by molar-refractivity contribution is 5.61. The van der Waals surface area contributed by atoms with Crippen LogP contribution in [0, 0.1) is 16.7 Å². The number of rotatable bonds is 0. The normalized spacial score (nSPS) is 49.1. The lowest BCUT2D eigenvalue weighted by Crippen LogP contribution is -1.97. The summed E-state index contributed by atoms with van der Waals surface area (Å²) in [4.78, 5) is 0. The summed E-state index contributed by atoms with van der Waals surface area (Å²) < 4.78 is 0. The molecule has 3 aliphatic carbocycles. The Hall–Kier alpha value is -0.740. The maximum Gasteiger partial charge on any atom is 0.00577 e. The fourth-order valence-corrected chi connectivity index (χ4v) is 3.76. The molecular weight excluding hydrogens is 168 g/mol. The molecule has 3 fully saturated rings. The van der Waals surface area contributed by atoms with Crippen molar-refractivity contribution < 1.29 is 0 Å². The third-order valence-electron chi connectivity index (χ3n) is 5.10. The van der Waals surface area contributed by atoms with Crippen LogP contribution in [0.15, 0.2) is 29.0 Å². The quantitative estimate of drug-likeness (QED) is 0.398. The molecule has 0 aliphatic heterocycles.